The highest BCUT2D eigenvalue weighted by Crippen LogP contribution is 2.16. The molecule has 0 aliphatic heterocycles. The molecule has 0 aliphatic rings. The summed E-state index contributed by atoms with van der Waals surface area (Å²) < 4.78 is 0. The van der Waals surface area contributed by atoms with Crippen LogP contribution in [-0.2, 0) is 4.79 Å². The number of ketones is 1. The van der Waals surface area contributed by atoms with E-state index in [9.17, 15) is 4.79 Å². The van der Waals surface area contributed by atoms with E-state index in [4.69, 9.17) is 0 Å². The Morgan fingerprint density at radius 1 is 0.278 bits per heavy atom. The third-order valence-corrected chi connectivity index (χ3v) is 8.12. The lowest BCUT2D eigenvalue weighted by Gasteiger charge is -2.04. The quantitative estimate of drug-likeness (QED) is 0.0829. The van der Waals surface area contributed by atoms with Crippen LogP contribution in [0.2, 0.25) is 0 Å². The maximum Gasteiger partial charge on any atom is 0.132 e. The SMILES string of the molecule is CCCCCCCCCCCCCCCCCCCCCCC(=O)CCCCCCCCCCCC. The Morgan fingerprint density at radius 3 is 0.639 bits per heavy atom. The van der Waals surface area contributed by atoms with E-state index >= 15 is 0 Å². The lowest BCUT2D eigenvalue weighted by molar-refractivity contribution is -0.119. The Bertz CT molecular complexity index is 401. The van der Waals surface area contributed by atoms with Crippen LogP contribution in [0.3, 0.4) is 0 Å². The van der Waals surface area contributed by atoms with Crippen molar-refractivity contribution < 1.29 is 4.79 Å². The predicted octanol–water partition coefficient (Wildman–Crippen LogP) is 13.1. The van der Waals surface area contributed by atoms with Crippen molar-refractivity contribution in [3.8, 4) is 0 Å². The van der Waals surface area contributed by atoms with Gasteiger partial charge in [0, 0.05) is 12.8 Å². The molecule has 0 saturated carbocycles. The molecule has 0 spiro atoms. The van der Waals surface area contributed by atoms with E-state index in [2.05, 4.69) is 13.8 Å². The molecule has 0 aliphatic carbocycles. The molecule has 0 aromatic rings. The van der Waals surface area contributed by atoms with E-state index in [1.54, 1.807) is 0 Å². The molecule has 0 radical (unpaired) electrons. The highest BCUT2D eigenvalue weighted by atomic mass is 16.1. The molecule has 0 aromatic carbocycles. The first kappa shape index (κ1) is 35.7. The van der Waals surface area contributed by atoms with Crippen LogP contribution in [0.15, 0.2) is 0 Å². The van der Waals surface area contributed by atoms with Crippen LogP contribution >= 0.6 is 0 Å². The molecule has 0 atom stereocenters. The fraction of sp³-hybridized carbons (Fsp3) is 0.971. The highest BCUT2D eigenvalue weighted by Gasteiger charge is 2.02. The maximum atomic E-state index is 12.1. The minimum Gasteiger partial charge on any atom is -0.300 e. The molecule has 1 heteroatoms. The summed E-state index contributed by atoms with van der Waals surface area (Å²) in [5.41, 5.74) is 0. The van der Waals surface area contributed by atoms with E-state index in [0.717, 1.165) is 25.7 Å². The minimum atomic E-state index is 0.525. The summed E-state index contributed by atoms with van der Waals surface area (Å²) in [6, 6.07) is 0. The number of hydrogen-bond donors (Lipinski definition) is 0. The number of carbonyl (C=O) groups is 1. The summed E-state index contributed by atoms with van der Waals surface area (Å²) in [6.07, 6.45) is 43.5. The molecule has 0 fully saturated rings. The average Bonchev–Trinajstić information content (AvgIpc) is 2.88. The predicted molar refractivity (Wildman–Crippen MR) is 164 cm³/mol. The van der Waals surface area contributed by atoms with Gasteiger partial charge in [-0.1, -0.05) is 194 Å². The van der Waals surface area contributed by atoms with Gasteiger partial charge in [-0.3, -0.25) is 4.79 Å². The molecular formula is C35H70O. The Hall–Kier alpha value is -0.330. The first-order valence-electron chi connectivity index (χ1n) is 17.3. The van der Waals surface area contributed by atoms with Crippen LogP contribution in [0, 0.1) is 0 Å². The topological polar surface area (TPSA) is 17.1 Å². The van der Waals surface area contributed by atoms with E-state index in [0.29, 0.717) is 5.78 Å². The van der Waals surface area contributed by atoms with Gasteiger partial charge in [0.1, 0.15) is 5.78 Å². The van der Waals surface area contributed by atoms with Gasteiger partial charge in [-0.2, -0.15) is 0 Å². The molecule has 0 heterocycles. The monoisotopic (exact) mass is 507 g/mol. The van der Waals surface area contributed by atoms with Crippen molar-refractivity contribution in [2.45, 2.75) is 219 Å². The third kappa shape index (κ3) is 31.7. The first-order chi connectivity index (χ1) is 17.8. The van der Waals surface area contributed by atoms with Crippen molar-refractivity contribution in [1.82, 2.24) is 0 Å². The van der Waals surface area contributed by atoms with Gasteiger partial charge >= 0.3 is 0 Å². The molecule has 1 nitrogen and oxygen atoms in total. The van der Waals surface area contributed by atoms with Gasteiger partial charge in [0.15, 0.2) is 0 Å². The summed E-state index contributed by atoms with van der Waals surface area (Å²) in [6.45, 7) is 4.58. The zero-order chi connectivity index (χ0) is 26.2. The average molecular weight is 507 g/mol. The van der Waals surface area contributed by atoms with Crippen LogP contribution in [-0.4, -0.2) is 5.78 Å². The van der Waals surface area contributed by atoms with Crippen LogP contribution in [0.25, 0.3) is 0 Å². The van der Waals surface area contributed by atoms with Crippen LogP contribution in [0.5, 0.6) is 0 Å². The van der Waals surface area contributed by atoms with Gasteiger partial charge in [-0.05, 0) is 12.8 Å². The summed E-state index contributed by atoms with van der Waals surface area (Å²) in [7, 11) is 0. The number of Topliss-reactive ketones (excluding diaryl/α,β-unsaturated/α-hetero) is 1. The molecule has 36 heavy (non-hydrogen) atoms. The normalized spacial score (nSPS) is 11.4. The van der Waals surface area contributed by atoms with E-state index in [1.165, 1.54) is 180 Å². The maximum absolute atomic E-state index is 12.1. The Labute approximate surface area is 229 Å². The summed E-state index contributed by atoms with van der Waals surface area (Å²) in [5, 5.41) is 0. The fourth-order valence-corrected chi connectivity index (χ4v) is 5.51. The van der Waals surface area contributed by atoms with E-state index in [1.807, 2.05) is 0 Å². The highest BCUT2D eigenvalue weighted by molar-refractivity contribution is 5.78. The van der Waals surface area contributed by atoms with Crippen LogP contribution in [0.1, 0.15) is 219 Å². The van der Waals surface area contributed by atoms with Crippen molar-refractivity contribution >= 4 is 5.78 Å². The van der Waals surface area contributed by atoms with E-state index < -0.39 is 0 Å². The summed E-state index contributed by atoms with van der Waals surface area (Å²) >= 11 is 0. The van der Waals surface area contributed by atoms with Crippen molar-refractivity contribution in [3.63, 3.8) is 0 Å². The second-order valence-corrected chi connectivity index (χ2v) is 11.9. The van der Waals surface area contributed by atoms with Gasteiger partial charge in [-0.15, -0.1) is 0 Å². The molecule has 0 unspecified atom stereocenters. The zero-order valence-corrected chi connectivity index (χ0v) is 25.5. The van der Waals surface area contributed by atoms with Gasteiger partial charge in [0.05, 0.1) is 0 Å². The molecule has 0 bridgehead atoms. The third-order valence-electron chi connectivity index (χ3n) is 8.12. The molecule has 216 valence electrons. The lowest BCUT2D eigenvalue weighted by Crippen LogP contribution is -1.97. The summed E-state index contributed by atoms with van der Waals surface area (Å²) in [5.74, 6) is 0.525. The van der Waals surface area contributed by atoms with Gasteiger partial charge in [0.25, 0.3) is 0 Å². The second kappa shape index (κ2) is 32.7. The van der Waals surface area contributed by atoms with Crippen molar-refractivity contribution in [2.75, 3.05) is 0 Å². The van der Waals surface area contributed by atoms with Crippen molar-refractivity contribution in [2.24, 2.45) is 0 Å². The zero-order valence-electron chi connectivity index (χ0n) is 25.5. The molecule has 0 saturated heterocycles. The van der Waals surface area contributed by atoms with Crippen LogP contribution in [0.4, 0.5) is 0 Å². The standard InChI is InChI=1S/C35H70O/c1-3-5-7-9-11-13-15-16-17-18-19-20-21-22-23-24-26-28-30-32-34-35(36)33-31-29-27-25-14-12-10-8-6-4-2/h3-34H2,1-2H3. The largest absolute Gasteiger partial charge is 0.300 e. The van der Waals surface area contributed by atoms with Crippen LogP contribution < -0.4 is 0 Å². The smallest absolute Gasteiger partial charge is 0.132 e. The second-order valence-electron chi connectivity index (χ2n) is 11.9. The molecule has 0 amide bonds. The van der Waals surface area contributed by atoms with Gasteiger partial charge < -0.3 is 0 Å². The van der Waals surface area contributed by atoms with Crippen molar-refractivity contribution in [1.29, 1.82) is 0 Å². The Balaban J connectivity index is 3.12. The molecular weight excluding hydrogens is 436 g/mol. The Kier molecular flexibility index (Phi) is 32.4. The molecule has 0 rings (SSSR count). The Morgan fingerprint density at radius 2 is 0.444 bits per heavy atom. The van der Waals surface area contributed by atoms with Crippen molar-refractivity contribution in [3.05, 3.63) is 0 Å². The number of unbranched alkanes of at least 4 members (excludes halogenated alkanes) is 28. The first-order valence-corrected chi connectivity index (χ1v) is 17.3. The van der Waals surface area contributed by atoms with Gasteiger partial charge in [0.2, 0.25) is 0 Å². The number of rotatable bonds is 32. The lowest BCUT2D eigenvalue weighted by atomic mass is 10.0. The fourth-order valence-electron chi connectivity index (χ4n) is 5.51. The molecule has 0 N–H and O–H groups in total. The number of hydrogen-bond acceptors (Lipinski definition) is 1. The van der Waals surface area contributed by atoms with E-state index in [-0.39, 0.29) is 0 Å². The summed E-state index contributed by atoms with van der Waals surface area (Å²) in [4.78, 5) is 12.1. The molecule has 0 aromatic heterocycles. The van der Waals surface area contributed by atoms with Gasteiger partial charge in [-0.25, -0.2) is 0 Å². The number of carbonyl (C=O) groups excluding carboxylic acids is 1. The minimum absolute atomic E-state index is 0.525.